The molecule has 2 aromatic rings. The topological polar surface area (TPSA) is 62.2 Å². The van der Waals surface area contributed by atoms with Crippen molar-refractivity contribution in [2.75, 3.05) is 5.32 Å². The molecule has 0 aliphatic heterocycles. The van der Waals surface area contributed by atoms with Gasteiger partial charge in [0.1, 0.15) is 11.9 Å². The van der Waals surface area contributed by atoms with Crippen LogP contribution in [-0.4, -0.2) is 22.1 Å². The molecule has 0 saturated heterocycles. The molecule has 0 aliphatic rings. The van der Waals surface area contributed by atoms with E-state index >= 15 is 0 Å². The minimum atomic E-state index is -0.894. The van der Waals surface area contributed by atoms with Crippen LogP contribution < -0.4 is 5.32 Å². The second-order valence-electron chi connectivity index (χ2n) is 3.58. The van der Waals surface area contributed by atoms with Gasteiger partial charge >= 0.3 is 5.97 Å². The molecule has 0 radical (unpaired) electrons. The Labute approximate surface area is 92.9 Å². The highest BCUT2D eigenvalue weighted by molar-refractivity contribution is 5.92. The highest BCUT2D eigenvalue weighted by atomic mass is 16.4. The van der Waals surface area contributed by atoms with E-state index in [1.807, 2.05) is 30.3 Å². The van der Waals surface area contributed by atoms with Gasteiger partial charge in [0.2, 0.25) is 0 Å². The highest BCUT2D eigenvalue weighted by Gasteiger charge is 2.12. The monoisotopic (exact) mass is 216 g/mol. The molecule has 82 valence electrons. The van der Waals surface area contributed by atoms with E-state index in [9.17, 15) is 4.79 Å². The first kappa shape index (κ1) is 10.4. The number of fused-ring (bicyclic) bond motifs is 1. The van der Waals surface area contributed by atoms with E-state index in [-0.39, 0.29) is 0 Å². The first-order valence-corrected chi connectivity index (χ1v) is 5.01. The lowest BCUT2D eigenvalue weighted by Crippen LogP contribution is -2.25. The number of aromatic nitrogens is 1. The van der Waals surface area contributed by atoms with Crippen LogP contribution in [0.25, 0.3) is 10.8 Å². The van der Waals surface area contributed by atoms with Gasteiger partial charge in [-0.15, -0.1) is 0 Å². The van der Waals surface area contributed by atoms with Crippen molar-refractivity contribution in [2.24, 2.45) is 0 Å². The molecular weight excluding hydrogens is 204 g/mol. The summed E-state index contributed by atoms with van der Waals surface area (Å²) < 4.78 is 0. The van der Waals surface area contributed by atoms with Gasteiger partial charge in [0.05, 0.1) is 0 Å². The van der Waals surface area contributed by atoms with Crippen LogP contribution in [0.2, 0.25) is 0 Å². The van der Waals surface area contributed by atoms with Gasteiger partial charge in [-0.25, -0.2) is 4.98 Å². The number of aliphatic carboxylic acids is 1. The van der Waals surface area contributed by atoms with Gasteiger partial charge in [-0.2, -0.15) is 0 Å². The van der Waals surface area contributed by atoms with Crippen LogP contribution in [0, 0.1) is 0 Å². The molecule has 0 bridgehead atoms. The normalized spacial score (nSPS) is 12.3. The standard InChI is InChI=1S/C12H12N2O2/c1-8(12(15)16)14-11-10-5-3-2-4-9(10)6-7-13-11/h2-8H,1H3,(H,13,14)(H,15,16)/t8-/m0/s1. The Morgan fingerprint density at radius 3 is 2.88 bits per heavy atom. The molecule has 0 unspecified atom stereocenters. The molecule has 0 aliphatic carbocycles. The fourth-order valence-electron chi connectivity index (χ4n) is 1.50. The Balaban J connectivity index is 2.41. The van der Waals surface area contributed by atoms with E-state index in [1.54, 1.807) is 13.1 Å². The van der Waals surface area contributed by atoms with Crippen molar-refractivity contribution in [3.63, 3.8) is 0 Å². The van der Waals surface area contributed by atoms with E-state index in [4.69, 9.17) is 5.11 Å². The Hall–Kier alpha value is -2.10. The second kappa shape index (κ2) is 4.18. The largest absolute Gasteiger partial charge is 0.480 e. The summed E-state index contributed by atoms with van der Waals surface area (Å²) >= 11 is 0. The van der Waals surface area contributed by atoms with E-state index in [1.165, 1.54) is 0 Å². The number of carbonyl (C=O) groups is 1. The van der Waals surface area contributed by atoms with Gasteiger partial charge in [0.15, 0.2) is 0 Å². The molecule has 1 heterocycles. The SMILES string of the molecule is C[C@H](Nc1nccc2ccccc12)C(=O)O. The van der Waals surface area contributed by atoms with Gasteiger partial charge in [-0.05, 0) is 18.4 Å². The van der Waals surface area contributed by atoms with Gasteiger partial charge in [-0.1, -0.05) is 24.3 Å². The summed E-state index contributed by atoms with van der Waals surface area (Å²) in [6.45, 7) is 1.59. The minimum Gasteiger partial charge on any atom is -0.480 e. The lowest BCUT2D eigenvalue weighted by atomic mass is 10.1. The summed E-state index contributed by atoms with van der Waals surface area (Å²) in [6.07, 6.45) is 1.67. The zero-order valence-electron chi connectivity index (χ0n) is 8.84. The lowest BCUT2D eigenvalue weighted by Gasteiger charge is -2.11. The molecule has 16 heavy (non-hydrogen) atoms. The third-order valence-electron chi connectivity index (χ3n) is 2.40. The summed E-state index contributed by atoms with van der Waals surface area (Å²) in [5, 5.41) is 13.7. The molecule has 4 heteroatoms. The van der Waals surface area contributed by atoms with Crippen LogP contribution in [0.1, 0.15) is 6.92 Å². The number of hydrogen-bond donors (Lipinski definition) is 2. The predicted octanol–water partition coefficient (Wildman–Crippen LogP) is 2.12. The third-order valence-corrected chi connectivity index (χ3v) is 2.40. The molecule has 1 atom stereocenters. The maximum absolute atomic E-state index is 10.7. The number of benzene rings is 1. The van der Waals surface area contributed by atoms with Crippen molar-refractivity contribution in [3.05, 3.63) is 36.5 Å². The Morgan fingerprint density at radius 1 is 1.38 bits per heavy atom. The Bertz CT molecular complexity index is 520. The van der Waals surface area contributed by atoms with Crippen LogP contribution in [0.3, 0.4) is 0 Å². The molecular formula is C12H12N2O2. The van der Waals surface area contributed by atoms with Crippen LogP contribution in [0.4, 0.5) is 5.82 Å². The smallest absolute Gasteiger partial charge is 0.325 e. The summed E-state index contributed by atoms with van der Waals surface area (Å²) in [5.74, 6) is -0.289. The number of pyridine rings is 1. The van der Waals surface area contributed by atoms with Gasteiger partial charge in [0, 0.05) is 11.6 Å². The van der Waals surface area contributed by atoms with Gasteiger partial charge < -0.3 is 10.4 Å². The lowest BCUT2D eigenvalue weighted by molar-refractivity contribution is -0.137. The van der Waals surface area contributed by atoms with E-state index in [2.05, 4.69) is 10.3 Å². The third kappa shape index (κ3) is 1.95. The highest BCUT2D eigenvalue weighted by Crippen LogP contribution is 2.20. The van der Waals surface area contributed by atoms with E-state index in [0.717, 1.165) is 10.8 Å². The van der Waals surface area contributed by atoms with E-state index in [0.29, 0.717) is 5.82 Å². The maximum atomic E-state index is 10.7. The zero-order chi connectivity index (χ0) is 11.5. The summed E-state index contributed by atoms with van der Waals surface area (Å²) in [4.78, 5) is 14.9. The number of nitrogens with one attached hydrogen (secondary N) is 1. The second-order valence-corrected chi connectivity index (χ2v) is 3.58. The van der Waals surface area contributed by atoms with Crippen molar-refractivity contribution in [3.8, 4) is 0 Å². The quantitative estimate of drug-likeness (QED) is 0.824. The molecule has 0 saturated carbocycles. The zero-order valence-corrected chi connectivity index (χ0v) is 8.84. The van der Waals surface area contributed by atoms with Crippen molar-refractivity contribution >= 4 is 22.6 Å². The van der Waals surface area contributed by atoms with Gasteiger partial charge in [0.25, 0.3) is 0 Å². The number of rotatable bonds is 3. The molecule has 1 aromatic carbocycles. The fourth-order valence-corrected chi connectivity index (χ4v) is 1.50. The number of carboxylic acid groups (broad SMARTS) is 1. The molecule has 2 rings (SSSR count). The Kier molecular flexibility index (Phi) is 2.72. The number of nitrogens with zero attached hydrogens (tertiary/aromatic N) is 1. The van der Waals surface area contributed by atoms with Crippen LogP contribution in [0.15, 0.2) is 36.5 Å². The first-order valence-electron chi connectivity index (χ1n) is 5.01. The maximum Gasteiger partial charge on any atom is 0.325 e. The molecule has 0 amide bonds. The van der Waals surface area contributed by atoms with Crippen molar-refractivity contribution in [2.45, 2.75) is 13.0 Å². The molecule has 4 nitrogen and oxygen atoms in total. The molecule has 0 spiro atoms. The molecule has 0 fully saturated rings. The Morgan fingerprint density at radius 2 is 2.12 bits per heavy atom. The van der Waals surface area contributed by atoms with Gasteiger partial charge in [-0.3, -0.25) is 4.79 Å². The molecule has 2 N–H and O–H groups in total. The molecule has 1 aromatic heterocycles. The van der Waals surface area contributed by atoms with Crippen LogP contribution >= 0.6 is 0 Å². The summed E-state index contributed by atoms with van der Waals surface area (Å²) in [7, 11) is 0. The summed E-state index contributed by atoms with van der Waals surface area (Å²) in [5.41, 5.74) is 0. The number of anilines is 1. The number of carboxylic acids is 1. The van der Waals surface area contributed by atoms with Crippen molar-refractivity contribution in [1.29, 1.82) is 0 Å². The fraction of sp³-hybridized carbons (Fsp3) is 0.167. The summed E-state index contributed by atoms with van der Waals surface area (Å²) in [6, 6.07) is 8.96. The van der Waals surface area contributed by atoms with Crippen LogP contribution in [-0.2, 0) is 4.79 Å². The first-order chi connectivity index (χ1) is 7.68. The predicted molar refractivity (Wildman–Crippen MR) is 62.5 cm³/mol. The minimum absolute atomic E-state index is 0.605. The average Bonchev–Trinajstić information content (AvgIpc) is 2.29. The van der Waals surface area contributed by atoms with E-state index < -0.39 is 12.0 Å². The van der Waals surface area contributed by atoms with Crippen molar-refractivity contribution in [1.82, 2.24) is 4.98 Å². The van der Waals surface area contributed by atoms with Crippen molar-refractivity contribution < 1.29 is 9.90 Å². The van der Waals surface area contributed by atoms with Crippen LogP contribution in [0.5, 0.6) is 0 Å². The average molecular weight is 216 g/mol. The number of hydrogen-bond acceptors (Lipinski definition) is 3.